The molecular formula is C30H37N5O2S. The maximum atomic E-state index is 12.1. The zero-order valence-corrected chi connectivity index (χ0v) is 23.5. The van der Waals surface area contributed by atoms with Gasteiger partial charge in [-0.15, -0.1) is 0 Å². The van der Waals surface area contributed by atoms with E-state index in [0.29, 0.717) is 29.0 Å². The number of methoxy groups -OCH3 is 1. The summed E-state index contributed by atoms with van der Waals surface area (Å²) in [6.07, 6.45) is 8.59. The fourth-order valence-electron chi connectivity index (χ4n) is 6.12. The van der Waals surface area contributed by atoms with Crippen LogP contribution in [0.15, 0.2) is 48.7 Å². The zero-order chi connectivity index (χ0) is 26.8. The molecule has 1 saturated heterocycles. The van der Waals surface area contributed by atoms with Crippen molar-refractivity contribution in [3.8, 4) is 5.75 Å². The third kappa shape index (κ3) is 4.89. The number of carbonyl (C=O) groups excluding carboxylic acids is 1. The molecule has 8 heteroatoms. The third-order valence-electron chi connectivity index (χ3n) is 7.94. The minimum Gasteiger partial charge on any atom is -0.494 e. The first-order valence-corrected chi connectivity index (χ1v) is 14.0. The lowest BCUT2D eigenvalue weighted by molar-refractivity contribution is -0.115. The molecule has 1 amide bonds. The normalized spacial score (nSPS) is 19.9. The molecule has 200 valence electrons. The minimum atomic E-state index is -0.116. The van der Waals surface area contributed by atoms with Gasteiger partial charge in [0, 0.05) is 41.8 Å². The summed E-state index contributed by atoms with van der Waals surface area (Å²) in [4.78, 5) is 19.0. The van der Waals surface area contributed by atoms with Crippen molar-refractivity contribution in [2.75, 3.05) is 17.3 Å². The lowest BCUT2D eigenvalue weighted by Gasteiger charge is -2.30. The number of rotatable bonds is 7. The van der Waals surface area contributed by atoms with E-state index < -0.39 is 0 Å². The van der Waals surface area contributed by atoms with Crippen molar-refractivity contribution >= 4 is 34.6 Å². The topological polar surface area (TPSA) is 71.4 Å². The Kier molecular flexibility index (Phi) is 7.70. The first kappa shape index (κ1) is 26.2. The number of thiocarbonyl (C=S) groups is 1. The maximum absolute atomic E-state index is 12.1. The molecule has 1 aromatic carbocycles. The van der Waals surface area contributed by atoms with Gasteiger partial charge in [-0.25, -0.2) is 0 Å². The predicted molar refractivity (Wildman–Crippen MR) is 156 cm³/mol. The summed E-state index contributed by atoms with van der Waals surface area (Å²) in [6.45, 7) is 6.30. The third-order valence-corrected chi connectivity index (χ3v) is 8.25. The van der Waals surface area contributed by atoms with Gasteiger partial charge in [0.2, 0.25) is 5.91 Å². The second-order valence-corrected chi connectivity index (χ2v) is 10.7. The van der Waals surface area contributed by atoms with Gasteiger partial charge in [-0.05, 0) is 74.8 Å². The Bertz CT molecular complexity index is 1320. The quantitative estimate of drug-likeness (QED) is 0.337. The summed E-state index contributed by atoms with van der Waals surface area (Å²) in [5.74, 6) is 0.539. The number of hydrogen-bond acceptors (Lipinski definition) is 4. The Labute approximate surface area is 230 Å². The van der Waals surface area contributed by atoms with Crippen molar-refractivity contribution in [2.45, 2.75) is 77.4 Å². The van der Waals surface area contributed by atoms with Gasteiger partial charge in [-0.3, -0.25) is 9.78 Å². The van der Waals surface area contributed by atoms with Crippen molar-refractivity contribution in [1.82, 2.24) is 14.9 Å². The number of anilines is 2. The number of amides is 1. The summed E-state index contributed by atoms with van der Waals surface area (Å²) < 4.78 is 8.23. The van der Waals surface area contributed by atoms with Gasteiger partial charge in [0.25, 0.3) is 0 Å². The molecule has 3 aromatic rings. The fraction of sp³-hybridized carbons (Fsp3) is 0.433. The van der Waals surface area contributed by atoms with Crippen LogP contribution in [0, 0.1) is 13.8 Å². The predicted octanol–water partition coefficient (Wildman–Crippen LogP) is 6.54. The second kappa shape index (κ2) is 11.2. The van der Waals surface area contributed by atoms with Crippen molar-refractivity contribution in [2.24, 2.45) is 0 Å². The van der Waals surface area contributed by atoms with E-state index >= 15 is 0 Å². The molecule has 2 aliphatic rings. The van der Waals surface area contributed by atoms with Crippen LogP contribution >= 0.6 is 12.2 Å². The fourth-order valence-corrected chi connectivity index (χ4v) is 6.47. The number of nitrogens with one attached hydrogen (secondary N) is 2. The summed E-state index contributed by atoms with van der Waals surface area (Å²) in [5.41, 5.74) is 6.32. The number of benzene rings is 1. The van der Waals surface area contributed by atoms with Gasteiger partial charge >= 0.3 is 0 Å². The molecule has 1 aliphatic carbocycles. The Morgan fingerprint density at radius 2 is 1.95 bits per heavy atom. The number of carbonyl (C=O) groups is 1. The van der Waals surface area contributed by atoms with Crippen LogP contribution in [-0.4, -0.2) is 27.7 Å². The van der Waals surface area contributed by atoms with Crippen LogP contribution in [0.25, 0.3) is 0 Å². The largest absolute Gasteiger partial charge is 0.494 e. The van der Waals surface area contributed by atoms with Crippen LogP contribution in [0.3, 0.4) is 0 Å². The van der Waals surface area contributed by atoms with Gasteiger partial charge in [-0.2, -0.15) is 0 Å². The molecule has 2 N–H and O–H groups in total. The molecule has 5 rings (SSSR count). The van der Waals surface area contributed by atoms with Crippen LogP contribution in [-0.2, 0) is 4.79 Å². The van der Waals surface area contributed by atoms with Crippen LogP contribution < -0.4 is 20.3 Å². The van der Waals surface area contributed by atoms with E-state index in [2.05, 4.69) is 46.1 Å². The zero-order valence-electron chi connectivity index (χ0n) is 22.7. The molecule has 0 radical (unpaired) electrons. The molecule has 2 unspecified atom stereocenters. The highest BCUT2D eigenvalue weighted by molar-refractivity contribution is 7.80. The lowest BCUT2D eigenvalue weighted by atomic mass is 9.94. The van der Waals surface area contributed by atoms with Gasteiger partial charge in [-0.1, -0.05) is 32.3 Å². The number of nitrogens with zero attached hydrogens (tertiary/aromatic N) is 3. The Morgan fingerprint density at radius 3 is 2.63 bits per heavy atom. The van der Waals surface area contributed by atoms with E-state index in [9.17, 15) is 4.79 Å². The summed E-state index contributed by atoms with van der Waals surface area (Å²) in [7, 11) is 1.62. The molecular weight excluding hydrogens is 494 g/mol. The van der Waals surface area contributed by atoms with E-state index in [4.69, 9.17) is 21.9 Å². The molecule has 38 heavy (non-hydrogen) atoms. The lowest BCUT2D eigenvalue weighted by Crippen LogP contribution is -2.29. The number of aromatic nitrogens is 2. The summed E-state index contributed by atoms with van der Waals surface area (Å²) in [5, 5.41) is 7.14. The summed E-state index contributed by atoms with van der Waals surface area (Å²) in [6, 6.07) is 14.5. The molecule has 0 spiro atoms. The number of ether oxygens (including phenoxy) is 1. The van der Waals surface area contributed by atoms with E-state index in [-0.39, 0.29) is 18.0 Å². The Balaban J connectivity index is 1.60. The van der Waals surface area contributed by atoms with E-state index in [1.807, 2.05) is 43.5 Å². The molecule has 2 atom stereocenters. The van der Waals surface area contributed by atoms with Crippen molar-refractivity contribution in [3.63, 3.8) is 0 Å². The van der Waals surface area contributed by atoms with Crippen LogP contribution in [0.4, 0.5) is 11.4 Å². The molecule has 0 bridgehead atoms. The van der Waals surface area contributed by atoms with Crippen LogP contribution in [0.1, 0.15) is 86.2 Å². The molecule has 2 aromatic heterocycles. The van der Waals surface area contributed by atoms with E-state index in [0.717, 1.165) is 11.4 Å². The first-order valence-electron chi connectivity index (χ1n) is 13.6. The van der Waals surface area contributed by atoms with Crippen molar-refractivity contribution in [1.29, 1.82) is 0 Å². The highest BCUT2D eigenvalue weighted by Crippen LogP contribution is 2.45. The SMILES string of the molecule is CCC(=O)Nc1ccc(N2C(=S)NC(c3ccccn3)C2c2cc(C)n(C3CCCCC3)c2C)cc1OC. The molecule has 3 heterocycles. The van der Waals surface area contributed by atoms with Gasteiger partial charge in [0.1, 0.15) is 5.75 Å². The van der Waals surface area contributed by atoms with Crippen LogP contribution in [0.5, 0.6) is 5.75 Å². The average Bonchev–Trinajstić information content (AvgIpc) is 3.44. The second-order valence-electron chi connectivity index (χ2n) is 10.3. The van der Waals surface area contributed by atoms with E-state index in [1.54, 1.807) is 7.11 Å². The van der Waals surface area contributed by atoms with E-state index in [1.165, 1.54) is 49.1 Å². The highest BCUT2D eigenvalue weighted by atomic mass is 32.1. The summed E-state index contributed by atoms with van der Waals surface area (Å²) >= 11 is 5.96. The molecule has 2 fully saturated rings. The minimum absolute atomic E-state index is 0.0577. The first-order chi connectivity index (χ1) is 18.4. The van der Waals surface area contributed by atoms with Gasteiger partial charge in [0.15, 0.2) is 5.11 Å². The molecule has 1 aliphatic heterocycles. The number of aryl methyl sites for hydroxylation is 1. The van der Waals surface area contributed by atoms with Crippen molar-refractivity contribution in [3.05, 3.63) is 71.3 Å². The van der Waals surface area contributed by atoms with Gasteiger partial charge in [0.05, 0.1) is 30.6 Å². The molecule has 7 nitrogen and oxygen atoms in total. The van der Waals surface area contributed by atoms with Crippen LogP contribution in [0.2, 0.25) is 0 Å². The Morgan fingerprint density at radius 1 is 1.16 bits per heavy atom. The average molecular weight is 532 g/mol. The Hall–Kier alpha value is -3.39. The maximum Gasteiger partial charge on any atom is 0.224 e. The monoisotopic (exact) mass is 531 g/mol. The molecule has 1 saturated carbocycles. The van der Waals surface area contributed by atoms with Crippen molar-refractivity contribution < 1.29 is 9.53 Å². The number of hydrogen-bond donors (Lipinski definition) is 2. The number of pyridine rings is 1. The smallest absolute Gasteiger partial charge is 0.224 e. The highest BCUT2D eigenvalue weighted by Gasteiger charge is 2.42. The van der Waals surface area contributed by atoms with Gasteiger partial charge < -0.3 is 24.8 Å². The standard InChI is InChI=1S/C30H37N5O2S/c1-5-27(36)32-24-15-14-22(18-26(24)37-4)35-29(28(33-30(35)38)25-13-9-10-16-31-25)23-17-19(2)34(20(23)3)21-11-7-6-8-12-21/h9-10,13-18,21,28-29H,5-8,11-12H2,1-4H3,(H,32,36)(H,33,38).